The second-order valence-corrected chi connectivity index (χ2v) is 11.9. The molecule has 4 aliphatic carbocycles. The highest BCUT2D eigenvalue weighted by Gasteiger charge is 2.77. The van der Waals surface area contributed by atoms with Gasteiger partial charge in [-0.2, -0.15) is 4.89 Å². The molecule has 5 fully saturated rings. The molecule has 9 nitrogen and oxygen atoms in total. The van der Waals surface area contributed by atoms with Gasteiger partial charge in [-0.05, 0) is 79.5 Å². The summed E-state index contributed by atoms with van der Waals surface area (Å²) in [6.07, 6.45) is 8.52. The van der Waals surface area contributed by atoms with Crippen molar-refractivity contribution in [2.75, 3.05) is 7.11 Å². The summed E-state index contributed by atoms with van der Waals surface area (Å²) in [7, 11) is -1.46. The highest BCUT2D eigenvalue weighted by molar-refractivity contribution is 7.32. The zero-order chi connectivity index (χ0) is 27.2. The molecule has 39 heavy (non-hydrogen) atoms. The van der Waals surface area contributed by atoms with Crippen LogP contribution in [0, 0.1) is 23.7 Å². The second kappa shape index (κ2) is 10.5. The van der Waals surface area contributed by atoms with E-state index in [9.17, 15) is 9.36 Å². The first kappa shape index (κ1) is 26.8. The molecule has 2 aromatic carbocycles. The maximum Gasteiger partial charge on any atom is 0.365 e. The lowest BCUT2D eigenvalue weighted by Crippen LogP contribution is -2.76. The first-order chi connectivity index (χ1) is 18.9. The summed E-state index contributed by atoms with van der Waals surface area (Å²) in [5.74, 6) is 1.57. The Bertz CT molecular complexity index is 1260. The van der Waals surface area contributed by atoms with Gasteiger partial charge in [0.25, 0.3) is 12.3 Å². The van der Waals surface area contributed by atoms with Crippen LogP contribution in [0.15, 0.2) is 42.7 Å². The number of hydrogen-bond acceptors (Lipinski definition) is 8. The Morgan fingerprint density at radius 2 is 1.74 bits per heavy atom. The van der Waals surface area contributed by atoms with Crippen LogP contribution in [-0.2, 0) is 41.0 Å². The van der Waals surface area contributed by atoms with Crippen molar-refractivity contribution < 1.29 is 42.8 Å². The lowest BCUT2D eigenvalue weighted by molar-refractivity contribution is -0.645. The summed E-state index contributed by atoms with van der Waals surface area (Å²) >= 11 is 7.08. The lowest BCUT2D eigenvalue weighted by Gasteiger charge is -2.68. The van der Waals surface area contributed by atoms with E-state index in [4.69, 9.17) is 45.0 Å². The number of hydrogen-bond donors (Lipinski definition) is 1. The molecule has 1 saturated heterocycles. The molecule has 0 aromatic heterocycles. The van der Waals surface area contributed by atoms with E-state index in [1.807, 2.05) is 12.1 Å². The van der Waals surface area contributed by atoms with E-state index >= 15 is 0 Å². The molecule has 7 rings (SSSR count). The maximum absolute atomic E-state index is 11.0. The Hall–Kier alpha value is -2.39. The Kier molecular flexibility index (Phi) is 7.25. The van der Waals surface area contributed by atoms with Crippen LogP contribution >= 0.6 is 19.9 Å². The lowest BCUT2D eigenvalue weighted by atomic mass is 9.47. The van der Waals surface area contributed by atoms with Crippen LogP contribution in [-0.4, -0.2) is 24.1 Å². The number of benzene rings is 2. The monoisotopic (exact) mass is 576 g/mol. The van der Waals surface area contributed by atoms with Crippen molar-refractivity contribution >= 4 is 32.4 Å². The summed E-state index contributed by atoms with van der Waals surface area (Å²) in [5, 5.41) is 0.320. The van der Waals surface area contributed by atoms with E-state index in [0.717, 1.165) is 43.1 Å². The first-order valence-corrected chi connectivity index (χ1v) is 14.7. The number of rotatable bonds is 10. The molecule has 208 valence electrons. The molecule has 4 saturated carbocycles. The van der Waals surface area contributed by atoms with E-state index in [1.165, 1.54) is 12.7 Å². The highest BCUT2D eigenvalue weighted by Crippen LogP contribution is 2.70. The minimum absolute atomic E-state index is 0.143. The number of carbonyl (C=O) groups excluding carboxylic acids is 1. The van der Waals surface area contributed by atoms with Crippen molar-refractivity contribution in [3.05, 3.63) is 64.4 Å². The van der Waals surface area contributed by atoms with Gasteiger partial charge < -0.3 is 23.6 Å². The third-order valence-corrected chi connectivity index (χ3v) is 9.61. The van der Waals surface area contributed by atoms with Crippen LogP contribution in [0.5, 0.6) is 11.5 Å². The van der Waals surface area contributed by atoms with Crippen LogP contribution in [0.25, 0.3) is 6.08 Å². The van der Waals surface area contributed by atoms with Crippen LogP contribution < -0.4 is 9.26 Å². The van der Waals surface area contributed by atoms with Gasteiger partial charge in [-0.3, -0.25) is 4.79 Å². The molecule has 2 aromatic rings. The smallest absolute Gasteiger partial charge is 0.365 e. The quantitative estimate of drug-likeness (QED) is 0.163. The second-order valence-electron chi connectivity index (χ2n) is 10.8. The van der Waals surface area contributed by atoms with Gasteiger partial charge in [-0.25, -0.2) is 9.45 Å². The molecular formula is C28H30ClO9P. The zero-order valence-corrected chi connectivity index (χ0v) is 23.1. The van der Waals surface area contributed by atoms with Crippen LogP contribution in [0.3, 0.4) is 0 Å². The SMILES string of the molecule is COC1(c2ccc(/C=C/OC=O)c(OCc3ccc(O[PH](=O)O)cc3)c2Cl)OOC12C1CC3CC(C1)CC2C3. The molecule has 1 spiro atoms. The molecule has 1 N–H and O–H groups in total. The average Bonchev–Trinajstić information content (AvgIpc) is 2.89. The Labute approximate surface area is 231 Å². The molecule has 1 heterocycles. The van der Waals surface area contributed by atoms with E-state index in [-0.39, 0.29) is 12.4 Å². The van der Waals surface area contributed by atoms with Crippen molar-refractivity contribution in [2.45, 2.75) is 50.1 Å². The highest BCUT2D eigenvalue weighted by atomic mass is 35.5. The summed E-state index contributed by atoms with van der Waals surface area (Å²) in [6, 6.07) is 10.3. The number of halogens is 1. The maximum atomic E-state index is 11.0. The molecule has 11 heteroatoms. The molecule has 4 bridgehead atoms. The fourth-order valence-electron chi connectivity index (χ4n) is 7.49. The van der Waals surface area contributed by atoms with Gasteiger partial charge in [0.2, 0.25) is 0 Å². The van der Waals surface area contributed by atoms with Gasteiger partial charge in [-0.1, -0.05) is 35.9 Å². The van der Waals surface area contributed by atoms with Crippen LogP contribution in [0.1, 0.15) is 48.8 Å². The summed E-state index contributed by atoms with van der Waals surface area (Å²) in [5.41, 5.74) is 1.39. The predicted molar refractivity (Wildman–Crippen MR) is 141 cm³/mol. The molecule has 0 amide bonds. The van der Waals surface area contributed by atoms with E-state index in [1.54, 1.807) is 37.5 Å². The molecule has 1 aliphatic heterocycles. The largest absolute Gasteiger partial charge is 0.487 e. The fourth-order valence-corrected chi connectivity index (χ4v) is 8.18. The normalized spacial score (nSPS) is 33.2. The summed E-state index contributed by atoms with van der Waals surface area (Å²) < 4.78 is 33.0. The minimum atomic E-state index is -3.09. The van der Waals surface area contributed by atoms with Crippen molar-refractivity contribution in [1.29, 1.82) is 0 Å². The minimum Gasteiger partial charge on any atom is -0.487 e. The van der Waals surface area contributed by atoms with Crippen LogP contribution in [0.2, 0.25) is 5.02 Å². The molecular weight excluding hydrogens is 547 g/mol. The van der Waals surface area contributed by atoms with E-state index in [0.29, 0.717) is 40.2 Å². The summed E-state index contributed by atoms with van der Waals surface area (Å²) in [6.45, 7) is 0.470. The van der Waals surface area contributed by atoms with Crippen LogP contribution in [0.4, 0.5) is 0 Å². The number of carbonyl (C=O) groups is 1. The molecule has 5 aliphatic rings. The number of methoxy groups -OCH3 is 1. The fraction of sp³-hybridized carbons (Fsp3) is 0.464. The van der Waals surface area contributed by atoms with E-state index < -0.39 is 19.6 Å². The molecule has 0 radical (unpaired) electrons. The van der Waals surface area contributed by atoms with Gasteiger partial charge in [0, 0.05) is 18.2 Å². The standard InChI is InChI=1S/C28H30ClO9P/c1-33-28(27(37-38-28)21-11-18-10-19(13-21)14-22(27)12-18)24-7-4-20(8-9-34-16-30)26(25(24)29)35-15-17-2-5-23(6-3-17)36-39(31)32/h2-9,16,18-19,21-22,39H,10-15H2,1H3,(H,31,32)/b9-8+. The predicted octanol–water partition coefficient (Wildman–Crippen LogP) is 5.78. The van der Waals surface area contributed by atoms with Crippen molar-refractivity contribution in [2.24, 2.45) is 23.7 Å². The van der Waals surface area contributed by atoms with Crippen molar-refractivity contribution in [3.8, 4) is 11.5 Å². The van der Waals surface area contributed by atoms with Gasteiger partial charge in [-0.15, -0.1) is 0 Å². The van der Waals surface area contributed by atoms with Crippen molar-refractivity contribution in [1.82, 2.24) is 0 Å². The Balaban J connectivity index is 1.34. The van der Waals surface area contributed by atoms with Gasteiger partial charge in [0.1, 0.15) is 18.1 Å². The van der Waals surface area contributed by atoms with E-state index in [2.05, 4.69) is 0 Å². The van der Waals surface area contributed by atoms with Gasteiger partial charge in [0.15, 0.2) is 5.60 Å². The zero-order valence-electron chi connectivity index (χ0n) is 21.3. The first-order valence-electron chi connectivity index (χ1n) is 13.0. The Morgan fingerprint density at radius 3 is 2.31 bits per heavy atom. The number of ether oxygens (including phenoxy) is 3. The molecule has 2 unspecified atom stereocenters. The van der Waals surface area contributed by atoms with Crippen molar-refractivity contribution in [3.63, 3.8) is 0 Å². The van der Waals surface area contributed by atoms with Gasteiger partial charge >= 0.3 is 8.25 Å². The summed E-state index contributed by atoms with van der Waals surface area (Å²) in [4.78, 5) is 31.7. The molecule has 2 atom stereocenters. The van der Waals surface area contributed by atoms with Gasteiger partial charge in [0.05, 0.1) is 11.3 Å². The third kappa shape index (κ3) is 4.40. The topological polar surface area (TPSA) is 110 Å². The average molecular weight is 577 g/mol. The third-order valence-electron chi connectivity index (χ3n) is 8.83. The Morgan fingerprint density at radius 1 is 1.05 bits per heavy atom.